The average Bonchev–Trinajstić information content (AvgIpc) is 2.19. The molecule has 3 amide bonds. The van der Waals surface area contributed by atoms with Crippen LogP contribution in [0.2, 0.25) is 0 Å². The molecule has 0 aromatic rings. The molecule has 1 heterocycles. The summed E-state index contributed by atoms with van der Waals surface area (Å²) >= 11 is 0. The van der Waals surface area contributed by atoms with Crippen LogP contribution >= 0.6 is 0 Å². The number of carbonyl (C=O) groups is 3. The van der Waals surface area contributed by atoms with Crippen LogP contribution in [-0.2, 0) is 9.59 Å². The Hall–Kier alpha value is -1.59. The minimum absolute atomic E-state index is 0.582. The maximum absolute atomic E-state index is 11.2. The van der Waals surface area contributed by atoms with Crippen LogP contribution in [-0.4, -0.2) is 41.0 Å². The first-order valence-corrected chi connectivity index (χ1v) is 4.44. The van der Waals surface area contributed by atoms with Gasteiger partial charge in [-0.15, -0.1) is 0 Å². The Kier molecular flexibility index (Phi) is 3.44. The molecule has 6 heteroatoms. The number of piperidine rings is 1. The van der Waals surface area contributed by atoms with Gasteiger partial charge in [-0.05, 0) is 19.3 Å². The third kappa shape index (κ3) is 2.72. The Balaban J connectivity index is 2.40. The molecule has 1 fully saturated rings. The summed E-state index contributed by atoms with van der Waals surface area (Å²) in [6.45, 7) is 1.16. The van der Waals surface area contributed by atoms with Gasteiger partial charge in [0.05, 0.1) is 0 Å². The van der Waals surface area contributed by atoms with Crippen molar-refractivity contribution in [3.05, 3.63) is 0 Å². The highest BCUT2D eigenvalue weighted by Gasteiger charge is 2.21. The van der Waals surface area contributed by atoms with Crippen LogP contribution in [0.15, 0.2) is 0 Å². The van der Waals surface area contributed by atoms with Crippen molar-refractivity contribution in [3.8, 4) is 0 Å². The fraction of sp³-hybridized carbons (Fsp3) is 0.625. The molecule has 0 aromatic heterocycles. The van der Waals surface area contributed by atoms with Crippen molar-refractivity contribution in [1.82, 2.24) is 10.2 Å². The number of carboxylic acids is 1. The second-order valence-electron chi connectivity index (χ2n) is 3.11. The smallest absolute Gasteiger partial charge is 0.394 e. The first-order valence-electron chi connectivity index (χ1n) is 4.44. The van der Waals surface area contributed by atoms with Crippen LogP contribution in [0, 0.1) is 0 Å². The third-order valence-corrected chi connectivity index (χ3v) is 2.06. The molecule has 14 heavy (non-hydrogen) atoms. The predicted molar refractivity (Wildman–Crippen MR) is 46.6 cm³/mol. The summed E-state index contributed by atoms with van der Waals surface area (Å²) in [7, 11) is 0. The highest BCUT2D eigenvalue weighted by molar-refractivity contribution is 6.34. The van der Waals surface area contributed by atoms with Gasteiger partial charge in [0.1, 0.15) is 0 Å². The van der Waals surface area contributed by atoms with E-state index in [0.29, 0.717) is 13.1 Å². The quantitative estimate of drug-likeness (QED) is 0.530. The molecule has 0 bridgehead atoms. The number of rotatable bonds is 0. The number of imide groups is 1. The van der Waals surface area contributed by atoms with Gasteiger partial charge >= 0.3 is 17.9 Å². The van der Waals surface area contributed by atoms with E-state index in [1.165, 1.54) is 4.90 Å². The molecule has 2 N–H and O–H groups in total. The van der Waals surface area contributed by atoms with E-state index in [4.69, 9.17) is 5.11 Å². The predicted octanol–water partition coefficient (Wildman–Crippen LogP) is -0.207. The SMILES string of the molecule is O=C(O)C(=O)NC(=O)N1CCCCC1. The number of carbonyl (C=O) groups excluding carboxylic acids is 2. The van der Waals surface area contributed by atoms with Crippen LogP contribution in [0.4, 0.5) is 4.79 Å². The largest absolute Gasteiger partial charge is 0.474 e. The number of carboxylic acid groups (broad SMARTS) is 1. The van der Waals surface area contributed by atoms with Crippen LogP contribution in [0.25, 0.3) is 0 Å². The van der Waals surface area contributed by atoms with E-state index < -0.39 is 17.9 Å². The number of hydrogen-bond acceptors (Lipinski definition) is 3. The first kappa shape index (κ1) is 10.5. The van der Waals surface area contributed by atoms with E-state index >= 15 is 0 Å². The first-order chi connectivity index (χ1) is 6.61. The molecule has 0 spiro atoms. The molecule has 0 radical (unpaired) electrons. The summed E-state index contributed by atoms with van der Waals surface area (Å²) in [4.78, 5) is 33.5. The number of nitrogens with zero attached hydrogens (tertiary/aromatic N) is 1. The Labute approximate surface area is 80.9 Å². The third-order valence-electron chi connectivity index (χ3n) is 2.06. The zero-order chi connectivity index (χ0) is 10.6. The van der Waals surface area contributed by atoms with Gasteiger partial charge in [-0.1, -0.05) is 0 Å². The Morgan fingerprint density at radius 1 is 1.07 bits per heavy atom. The van der Waals surface area contributed by atoms with E-state index in [1.807, 2.05) is 0 Å². The normalized spacial score (nSPS) is 16.1. The van der Waals surface area contributed by atoms with Crippen molar-refractivity contribution in [3.63, 3.8) is 0 Å². The molecule has 1 rings (SSSR count). The summed E-state index contributed by atoms with van der Waals surface area (Å²) in [5, 5.41) is 10.0. The molecule has 0 aromatic carbocycles. The summed E-state index contributed by atoms with van der Waals surface area (Å²) in [6.07, 6.45) is 2.86. The van der Waals surface area contributed by atoms with E-state index in [0.717, 1.165) is 19.3 Å². The van der Waals surface area contributed by atoms with Crippen LogP contribution < -0.4 is 5.32 Å². The number of urea groups is 1. The number of amides is 3. The number of nitrogens with one attached hydrogen (secondary N) is 1. The fourth-order valence-electron chi connectivity index (χ4n) is 1.33. The van der Waals surface area contributed by atoms with Crippen LogP contribution in [0.3, 0.4) is 0 Å². The maximum Gasteiger partial charge on any atom is 0.394 e. The molecule has 0 atom stereocenters. The number of aliphatic carboxylic acids is 1. The van der Waals surface area contributed by atoms with E-state index in [-0.39, 0.29) is 0 Å². The van der Waals surface area contributed by atoms with E-state index in [1.54, 1.807) is 5.32 Å². The second-order valence-corrected chi connectivity index (χ2v) is 3.11. The zero-order valence-corrected chi connectivity index (χ0v) is 7.65. The lowest BCUT2D eigenvalue weighted by Gasteiger charge is -2.25. The average molecular weight is 200 g/mol. The molecule has 78 valence electrons. The van der Waals surface area contributed by atoms with E-state index in [2.05, 4.69) is 0 Å². The lowest BCUT2D eigenvalue weighted by atomic mass is 10.1. The lowest BCUT2D eigenvalue weighted by molar-refractivity contribution is -0.149. The van der Waals surface area contributed by atoms with Gasteiger partial charge in [-0.3, -0.25) is 10.1 Å². The molecule has 1 aliphatic heterocycles. The Morgan fingerprint density at radius 2 is 1.64 bits per heavy atom. The molecule has 0 aliphatic carbocycles. The van der Waals surface area contributed by atoms with Crippen molar-refractivity contribution in [2.45, 2.75) is 19.3 Å². The summed E-state index contributed by atoms with van der Waals surface area (Å²) < 4.78 is 0. The Morgan fingerprint density at radius 3 is 2.14 bits per heavy atom. The monoisotopic (exact) mass is 200 g/mol. The Bertz CT molecular complexity index is 258. The highest BCUT2D eigenvalue weighted by Crippen LogP contribution is 2.08. The molecule has 0 unspecified atom stereocenters. The standard InChI is InChI=1S/C8H12N2O4/c11-6(7(12)13)9-8(14)10-4-2-1-3-5-10/h1-5H2,(H,12,13)(H,9,11,14). The maximum atomic E-state index is 11.2. The highest BCUT2D eigenvalue weighted by atomic mass is 16.4. The molecule has 1 saturated heterocycles. The van der Waals surface area contributed by atoms with Gasteiger partial charge in [0.15, 0.2) is 0 Å². The van der Waals surface area contributed by atoms with Gasteiger partial charge in [0.2, 0.25) is 0 Å². The summed E-state index contributed by atoms with van der Waals surface area (Å²) in [5.74, 6) is -2.92. The van der Waals surface area contributed by atoms with E-state index in [9.17, 15) is 14.4 Å². The van der Waals surface area contributed by atoms with Gasteiger partial charge < -0.3 is 10.0 Å². The summed E-state index contributed by atoms with van der Waals surface area (Å²) in [6, 6.07) is -0.614. The fourth-order valence-corrected chi connectivity index (χ4v) is 1.33. The second kappa shape index (κ2) is 4.59. The zero-order valence-electron chi connectivity index (χ0n) is 7.65. The molecule has 0 saturated carbocycles. The van der Waals surface area contributed by atoms with Crippen LogP contribution in [0.5, 0.6) is 0 Å². The van der Waals surface area contributed by atoms with Crippen molar-refractivity contribution in [2.75, 3.05) is 13.1 Å². The van der Waals surface area contributed by atoms with Crippen molar-refractivity contribution in [1.29, 1.82) is 0 Å². The van der Waals surface area contributed by atoms with Crippen molar-refractivity contribution < 1.29 is 19.5 Å². The summed E-state index contributed by atoms with van der Waals surface area (Å²) in [5.41, 5.74) is 0. The minimum atomic E-state index is -1.64. The van der Waals surface area contributed by atoms with Crippen molar-refractivity contribution >= 4 is 17.9 Å². The lowest BCUT2D eigenvalue weighted by Crippen LogP contribution is -2.47. The van der Waals surface area contributed by atoms with Gasteiger partial charge in [0.25, 0.3) is 0 Å². The molecule has 6 nitrogen and oxygen atoms in total. The minimum Gasteiger partial charge on any atom is -0.474 e. The van der Waals surface area contributed by atoms with Crippen LogP contribution in [0.1, 0.15) is 19.3 Å². The van der Waals surface area contributed by atoms with Gasteiger partial charge in [-0.2, -0.15) is 0 Å². The molecule has 1 aliphatic rings. The number of likely N-dealkylation sites (tertiary alicyclic amines) is 1. The number of hydrogen-bond donors (Lipinski definition) is 2. The topological polar surface area (TPSA) is 86.7 Å². The van der Waals surface area contributed by atoms with Crippen molar-refractivity contribution in [2.24, 2.45) is 0 Å². The molecular formula is C8H12N2O4. The van der Waals surface area contributed by atoms with Gasteiger partial charge in [0, 0.05) is 13.1 Å². The van der Waals surface area contributed by atoms with Gasteiger partial charge in [-0.25, -0.2) is 9.59 Å². The molecular weight excluding hydrogens is 188 g/mol.